The number of para-hydroxylation sites is 1. The highest BCUT2D eigenvalue weighted by atomic mass is 15.0. The van der Waals surface area contributed by atoms with E-state index < -0.39 is 0 Å². The highest BCUT2D eigenvalue weighted by Crippen LogP contribution is 2.37. The van der Waals surface area contributed by atoms with Crippen LogP contribution in [0.5, 0.6) is 0 Å². The summed E-state index contributed by atoms with van der Waals surface area (Å²) in [6.45, 7) is 0. The molecule has 114 valence electrons. The Bertz CT molecular complexity index is 1040. The molecule has 24 heavy (non-hydrogen) atoms. The van der Waals surface area contributed by atoms with E-state index in [0.717, 1.165) is 6.42 Å². The summed E-state index contributed by atoms with van der Waals surface area (Å²) in [5.74, 6) is 0. The summed E-state index contributed by atoms with van der Waals surface area (Å²) >= 11 is 0. The standard InChI is InChI=1S/C23H17N/c1-3-10-19-17(8-1)16-18-9-2-4-11-20(18)22-14-7-15-24(22)23-13-6-5-12-21(19)23/h1-15H,16H2. The molecule has 0 spiro atoms. The minimum absolute atomic E-state index is 0.950. The topological polar surface area (TPSA) is 4.93 Å². The average molecular weight is 307 g/mol. The Kier molecular flexibility index (Phi) is 2.92. The van der Waals surface area contributed by atoms with Crippen molar-refractivity contribution in [1.82, 2.24) is 4.57 Å². The van der Waals surface area contributed by atoms with E-state index in [1.807, 2.05) is 0 Å². The molecule has 0 atom stereocenters. The zero-order chi connectivity index (χ0) is 15.9. The van der Waals surface area contributed by atoms with Crippen molar-refractivity contribution in [2.45, 2.75) is 6.42 Å². The van der Waals surface area contributed by atoms with Crippen LogP contribution in [-0.2, 0) is 6.42 Å². The van der Waals surface area contributed by atoms with Crippen molar-refractivity contribution in [3.8, 4) is 28.1 Å². The Balaban J connectivity index is 1.93. The minimum atomic E-state index is 0.950. The van der Waals surface area contributed by atoms with Gasteiger partial charge in [-0.2, -0.15) is 0 Å². The van der Waals surface area contributed by atoms with Gasteiger partial charge in [0.15, 0.2) is 0 Å². The van der Waals surface area contributed by atoms with Gasteiger partial charge < -0.3 is 4.57 Å². The number of nitrogens with zero attached hydrogens (tertiary/aromatic N) is 1. The van der Waals surface area contributed by atoms with E-state index in [0.29, 0.717) is 0 Å². The van der Waals surface area contributed by atoms with Crippen LogP contribution < -0.4 is 0 Å². The van der Waals surface area contributed by atoms with Crippen molar-refractivity contribution in [3.63, 3.8) is 0 Å². The molecule has 0 saturated carbocycles. The normalized spacial score (nSPS) is 12.0. The average Bonchev–Trinajstić information content (AvgIpc) is 3.12. The van der Waals surface area contributed by atoms with E-state index in [2.05, 4.69) is 95.7 Å². The van der Waals surface area contributed by atoms with Crippen LogP contribution in [0.15, 0.2) is 91.1 Å². The molecule has 0 N–H and O–H groups in total. The van der Waals surface area contributed by atoms with Crippen molar-refractivity contribution in [3.05, 3.63) is 102 Å². The molecule has 4 aromatic rings. The molecule has 0 amide bonds. The molecule has 2 heterocycles. The van der Waals surface area contributed by atoms with Gasteiger partial charge in [0.2, 0.25) is 0 Å². The van der Waals surface area contributed by atoms with Crippen LogP contribution in [0.1, 0.15) is 11.1 Å². The molecule has 1 aliphatic heterocycles. The van der Waals surface area contributed by atoms with Gasteiger partial charge >= 0.3 is 0 Å². The SMILES string of the molecule is c1ccc2c(c1)Cc1ccccc1-c1cccn1-c1ccccc1-2. The molecule has 0 fully saturated rings. The molecule has 0 aliphatic carbocycles. The number of benzene rings is 3. The van der Waals surface area contributed by atoms with E-state index in [-0.39, 0.29) is 0 Å². The van der Waals surface area contributed by atoms with Crippen molar-refractivity contribution < 1.29 is 0 Å². The summed E-state index contributed by atoms with van der Waals surface area (Å²) in [4.78, 5) is 0. The van der Waals surface area contributed by atoms with Gasteiger partial charge in [0, 0.05) is 17.3 Å². The third-order valence-corrected chi connectivity index (χ3v) is 4.89. The predicted octanol–water partition coefficient (Wildman–Crippen LogP) is 5.72. The lowest BCUT2D eigenvalue weighted by molar-refractivity contribution is 1.09. The molecule has 0 radical (unpaired) electrons. The van der Waals surface area contributed by atoms with E-state index >= 15 is 0 Å². The lowest BCUT2D eigenvalue weighted by atomic mass is 9.93. The number of rotatable bonds is 0. The second-order valence-electron chi connectivity index (χ2n) is 6.27. The van der Waals surface area contributed by atoms with Gasteiger partial charge in [0.05, 0.1) is 11.4 Å². The van der Waals surface area contributed by atoms with Crippen molar-refractivity contribution in [1.29, 1.82) is 0 Å². The van der Waals surface area contributed by atoms with Crippen LogP contribution in [0.3, 0.4) is 0 Å². The highest BCUT2D eigenvalue weighted by Gasteiger charge is 2.18. The van der Waals surface area contributed by atoms with Gasteiger partial charge in [-0.1, -0.05) is 66.7 Å². The van der Waals surface area contributed by atoms with Gasteiger partial charge in [-0.25, -0.2) is 0 Å². The fraction of sp³-hybridized carbons (Fsp3) is 0.0435. The van der Waals surface area contributed by atoms with Gasteiger partial charge in [0.25, 0.3) is 0 Å². The van der Waals surface area contributed by atoms with Crippen LogP contribution in [0.2, 0.25) is 0 Å². The summed E-state index contributed by atoms with van der Waals surface area (Å²) in [7, 11) is 0. The lowest BCUT2D eigenvalue weighted by Gasteiger charge is -2.14. The molecule has 0 bridgehead atoms. The van der Waals surface area contributed by atoms with Gasteiger partial charge in [-0.05, 0) is 41.3 Å². The van der Waals surface area contributed by atoms with Crippen molar-refractivity contribution in [2.75, 3.05) is 0 Å². The van der Waals surface area contributed by atoms with E-state index in [1.165, 1.54) is 39.2 Å². The van der Waals surface area contributed by atoms with Gasteiger partial charge in [-0.15, -0.1) is 0 Å². The third kappa shape index (κ3) is 1.95. The quantitative estimate of drug-likeness (QED) is 0.345. The van der Waals surface area contributed by atoms with Crippen LogP contribution >= 0.6 is 0 Å². The molecule has 1 nitrogen and oxygen atoms in total. The molecule has 1 heteroatoms. The molecule has 0 unspecified atom stereocenters. The Labute approximate surface area is 141 Å². The first-order valence-electron chi connectivity index (χ1n) is 8.35. The van der Waals surface area contributed by atoms with Gasteiger partial charge in [0.1, 0.15) is 0 Å². The molecule has 0 saturated heterocycles. The van der Waals surface area contributed by atoms with Crippen LogP contribution in [-0.4, -0.2) is 4.57 Å². The van der Waals surface area contributed by atoms with E-state index in [9.17, 15) is 0 Å². The molecule has 1 aliphatic rings. The maximum atomic E-state index is 2.32. The summed E-state index contributed by atoms with van der Waals surface area (Å²) in [5, 5.41) is 0. The number of aromatic nitrogens is 1. The predicted molar refractivity (Wildman–Crippen MR) is 99.4 cm³/mol. The number of hydrogen-bond acceptors (Lipinski definition) is 0. The first-order valence-corrected chi connectivity index (χ1v) is 8.35. The van der Waals surface area contributed by atoms with Gasteiger partial charge in [-0.3, -0.25) is 0 Å². The van der Waals surface area contributed by atoms with Crippen molar-refractivity contribution in [2.24, 2.45) is 0 Å². The minimum Gasteiger partial charge on any atom is -0.316 e. The zero-order valence-electron chi connectivity index (χ0n) is 13.3. The fourth-order valence-corrected chi connectivity index (χ4v) is 3.79. The summed E-state index contributed by atoms with van der Waals surface area (Å²) in [6, 6.07) is 30.6. The zero-order valence-corrected chi connectivity index (χ0v) is 13.3. The maximum Gasteiger partial charge on any atom is 0.0534 e. The smallest absolute Gasteiger partial charge is 0.0534 e. The van der Waals surface area contributed by atoms with Crippen LogP contribution in [0.4, 0.5) is 0 Å². The second-order valence-corrected chi connectivity index (χ2v) is 6.27. The first kappa shape index (κ1) is 13.4. The molecule has 5 rings (SSSR count). The number of hydrogen-bond donors (Lipinski definition) is 0. The Hall–Kier alpha value is -3.06. The summed E-state index contributed by atoms with van der Waals surface area (Å²) in [5.41, 5.74) is 9.17. The van der Waals surface area contributed by atoms with Crippen LogP contribution in [0, 0.1) is 0 Å². The molecule has 3 aromatic carbocycles. The fourth-order valence-electron chi connectivity index (χ4n) is 3.79. The van der Waals surface area contributed by atoms with Crippen molar-refractivity contribution >= 4 is 0 Å². The Morgan fingerprint density at radius 3 is 2.00 bits per heavy atom. The Morgan fingerprint density at radius 1 is 0.542 bits per heavy atom. The highest BCUT2D eigenvalue weighted by molar-refractivity contribution is 5.80. The molecular formula is C23H17N. The number of fused-ring (bicyclic) bond motifs is 7. The lowest BCUT2D eigenvalue weighted by Crippen LogP contribution is -1.97. The molecule has 1 aromatic heterocycles. The monoisotopic (exact) mass is 307 g/mol. The largest absolute Gasteiger partial charge is 0.316 e. The van der Waals surface area contributed by atoms with Crippen LogP contribution in [0.25, 0.3) is 28.1 Å². The van der Waals surface area contributed by atoms with E-state index in [1.54, 1.807) is 0 Å². The second kappa shape index (κ2) is 5.24. The summed E-state index contributed by atoms with van der Waals surface area (Å²) in [6.07, 6.45) is 3.12. The van der Waals surface area contributed by atoms with E-state index in [4.69, 9.17) is 0 Å². The third-order valence-electron chi connectivity index (χ3n) is 4.89. The molecular weight excluding hydrogens is 290 g/mol. The Morgan fingerprint density at radius 2 is 1.17 bits per heavy atom. The maximum absolute atomic E-state index is 2.32. The summed E-state index contributed by atoms with van der Waals surface area (Å²) < 4.78 is 2.32. The first-order chi connectivity index (χ1) is 11.9.